The third-order valence-electron chi connectivity index (χ3n) is 4.48. The zero-order valence-corrected chi connectivity index (χ0v) is 14.6. The second-order valence-electron chi connectivity index (χ2n) is 6.26. The first-order valence-corrected chi connectivity index (χ1v) is 8.60. The highest BCUT2D eigenvalue weighted by atomic mass is 16.5. The second kappa shape index (κ2) is 6.33. The van der Waals surface area contributed by atoms with Gasteiger partial charge in [0.25, 0.3) is 0 Å². The number of hydrogen-bond donors (Lipinski definition) is 1. The van der Waals surface area contributed by atoms with E-state index in [4.69, 9.17) is 9.47 Å². The quantitative estimate of drug-likeness (QED) is 0.713. The summed E-state index contributed by atoms with van der Waals surface area (Å²) in [6.45, 7) is 1.99. The monoisotopic (exact) mass is 353 g/mol. The summed E-state index contributed by atoms with van der Waals surface area (Å²) < 4.78 is 12.2. The number of carbonyl (C=O) groups is 1. The van der Waals surface area contributed by atoms with Gasteiger partial charge < -0.3 is 14.5 Å². The highest BCUT2D eigenvalue weighted by Crippen LogP contribution is 2.44. The summed E-state index contributed by atoms with van der Waals surface area (Å²) in [4.78, 5) is 27.2. The van der Waals surface area contributed by atoms with Gasteiger partial charge in [-0.05, 0) is 44.0 Å². The Kier molecular flexibility index (Phi) is 3.99. The molecule has 0 atom stereocenters. The fraction of sp³-hybridized carbons (Fsp3) is 0.316. The van der Waals surface area contributed by atoms with Crippen LogP contribution >= 0.6 is 0 Å². The lowest BCUT2D eigenvalue weighted by Crippen LogP contribution is -2.13. The van der Waals surface area contributed by atoms with E-state index in [1.165, 1.54) is 6.07 Å². The number of esters is 1. The molecular formula is C19H19N3O4. The zero-order chi connectivity index (χ0) is 18.3. The van der Waals surface area contributed by atoms with E-state index in [0.29, 0.717) is 17.0 Å². The van der Waals surface area contributed by atoms with Crippen LogP contribution in [0.4, 0.5) is 0 Å². The molecule has 0 unspecified atom stereocenters. The minimum absolute atomic E-state index is 0.249. The number of pyridine rings is 1. The third kappa shape index (κ3) is 2.75. The number of nitrogens with one attached hydrogen (secondary N) is 1. The van der Waals surface area contributed by atoms with Crippen LogP contribution in [-0.2, 0) is 4.74 Å². The molecule has 1 aromatic carbocycles. The summed E-state index contributed by atoms with van der Waals surface area (Å²) in [5.41, 5.74) is 2.08. The van der Waals surface area contributed by atoms with Crippen molar-refractivity contribution in [1.29, 1.82) is 0 Å². The van der Waals surface area contributed by atoms with Gasteiger partial charge in [0.15, 0.2) is 5.65 Å². The predicted octanol–water partition coefficient (Wildman–Crippen LogP) is 2.78. The molecule has 1 aliphatic rings. The highest BCUT2D eigenvalue weighted by molar-refractivity contribution is 6.04. The first-order valence-electron chi connectivity index (χ1n) is 8.60. The maximum atomic E-state index is 12.4. The Morgan fingerprint density at radius 2 is 2.04 bits per heavy atom. The summed E-state index contributed by atoms with van der Waals surface area (Å²) in [5.74, 6) is 0.556. The number of carbonyl (C=O) groups excluding carboxylic acids is 1. The fourth-order valence-electron chi connectivity index (χ4n) is 3.16. The number of methoxy groups -OCH3 is 1. The van der Waals surface area contributed by atoms with Crippen LogP contribution in [0.25, 0.3) is 16.7 Å². The van der Waals surface area contributed by atoms with Crippen molar-refractivity contribution in [2.75, 3.05) is 13.7 Å². The Morgan fingerprint density at radius 1 is 1.31 bits per heavy atom. The van der Waals surface area contributed by atoms with Gasteiger partial charge in [0, 0.05) is 12.0 Å². The molecule has 134 valence electrons. The van der Waals surface area contributed by atoms with Crippen LogP contribution in [0.1, 0.15) is 41.7 Å². The number of aromatic amines is 1. The minimum Gasteiger partial charge on any atom is -0.497 e. The molecule has 7 heteroatoms. The van der Waals surface area contributed by atoms with Crippen LogP contribution in [0.3, 0.4) is 0 Å². The van der Waals surface area contributed by atoms with Crippen molar-refractivity contribution in [3.63, 3.8) is 0 Å². The van der Waals surface area contributed by atoms with Gasteiger partial charge in [-0.25, -0.2) is 9.48 Å². The molecule has 1 N–H and O–H groups in total. The molecule has 4 rings (SSSR count). The van der Waals surface area contributed by atoms with Crippen LogP contribution in [0.15, 0.2) is 35.1 Å². The maximum absolute atomic E-state index is 12.4. The molecule has 1 aliphatic carbocycles. The Morgan fingerprint density at radius 3 is 2.65 bits per heavy atom. The van der Waals surface area contributed by atoms with Crippen molar-refractivity contribution >= 4 is 17.0 Å². The summed E-state index contributed by atoms with van der Waals surface area (Å²) in [7, 11) is 1.61. The van der Waals surface area contributed by atoms with Gasteiger partial charge in [0.05, 0.1) is 36.0 Å². The van der Waals surface area contributed by atoms with E-state index in [9.17, 15) is 9.59 Å². The molecule has 0 amide bonds. The third-order valence-corrected chi connectivity index (χ3v) is 4.48. The van der Waals surface area contributed by atoms with Crippen LogP contribution in [0, 0.1) is 0 Å². The van der Waals surface area contributed by atoms with Gasteiger partial charge >= 0.3 is 5.97 Å². The van der Waals surface area contributed by atoms with Gasteiger partial charge in [-0.2, -0.15) is 0 Å². The van der Waals surface area contributed by atoms with Crippen LogP contribution in [0.5, 0.6) is 5.75 Å². The molecule has 26 heavy (non-hydrogen) atoms. The van der Waals surface area contributed by atoms with E-state index in [-0.39, 0.29) is 17.7 Å². The number of nitrogens with zero attached hydrogens (tertiary/aromatic N) is 2. The lowest BCUT2D eigenvalue weighted by atomic mass is 10.1. The highest BCUT2D eigenvalue weighted by Gasteiger charge is 2.33. The predicted molar refractivity (Wildman–Crippen MR) is 96.2 cm³/mol. The Balaban J connectivity index is 1.96. The molecule has 2 heterocycles. The first kappa shape index (κ1) is 16.4. The summed E-state index contributed by atoms with van der Waals surface area (Å²) in [6.07, 6.45) is 2.05. The van der Waals surface area contributed by atoms with Crippen molar-refractivity contribution in [1.82, 2.24) is 14.8 Å². The molecule has 1 fully saturated rings. The largest absolute Gasteiger partial charge is 0.497 e. The molecule has 3 aromatic rings. The lowest BCUT2D eigenvalue weighted by Gasteiger charge is -2.09. The average molecular weight is 353 g/mol. The minimum atomic E-state index is -0.500. The topological polar surface area (TPSA) is 86.2 Å². The zero-order valence-electron chi connectivity index (χ0n) is 14.6. The van der Waals surface area contributed by atoms with Crippen molar-refractivity contribution in [2.24, 2.45) is 0 Å². The van der Waals surface area contributed by atoms with E-state index >= 15 is 0 Å². The molecular weight excluding hydrogens is 334 g/mol. The van der Waals surface area contributed by atoms with Gasteiger partial charge in [0.2, 0.25) is 5.56 Å². The van der Waals surface area contributed by atoms with Gasteiger partial charge in [-0.1, -0.05) is 0 Å². The molecule has 0 radical (unpaired) electrons. The van der Waals surface area contributed by atoms with Gasteiger partial charge in [-0.3, -0.25) is 4.79 Å². The lowest BCUT2D eigenvalue weighted by molar-refractivity contribution is 0.0528. The van der Waals surface area contributed by atoms with E-state index < -0.39 is 5.97 Å². The Hall–Kier alpha value is -3.09. The van der Waals surface area contributed by atoms with Crippen molar-refractivity contribution in [2.45, 2.75) is 25.7 Å². The number of benzene rings is 1. The summed E-state index contributed by atoms with van der Waals surface area (Å²) in [5, 5.41) is 5.24. The molecule has 0 saturated heterocycles. The fourth-order valence-corrected chi connectivity index (χ4v) is 3.16. The van der Waals surface area contributed by atoms with Crippen molar-refractivity contribution in [3.05, 3.63) is 51.9 Å². The standard InChI is InChI=1S/C19H19N3O4/c1-3-26-19(24)14-10-15(23)20-18-16(14)17(11-4-5-11)22(21-18)12-6-8-13(25-2)9-7-12/h6-11H,3-5H2,1-2H3,(H,20,21,23). The number of H-pyrrole nitrogens is 1. The van der Waals surface area contributed by atoms with Crippen LogP contribution < -0.4 is 10.3 Å². The molecule has 2 aromatic heterocycles. The number of hydrogen-bond acceptors (Lipinski definition) is 5. The van der Waals surface area contributed by atoms with Crippen LogP contribution in [-0.4, -0.2) is 34.5 Å². The normalized spacial score (nSPS) is 13.8. The molecule has 0 bridgehead atoms. The SMILES string of the molecule is CCOC(=O)c1cc(=O)[nH]c2nn(-c3ccc(OC)cc3)c(C3CC3)c12. The van der Waals surface area contributed by atoms with E-state index in [0.717, 1.165) is 30.0 Å². The summed E-state index contributed by atoms with van der Waals surface area (Å²) >= 11 is 0. The van der Waals surface area contributed by atoms with E-state index in [2.05, 4.69) is 10.1 Å². The average Bonchev–Trinajstić information content (AvgIpc) is 3.41. The number of ether oxygens (including phenoxy) is 2. The molecule has 7 nitrogen and oxygen atoms in total. The van der Waals surface area contributed by atoms with Gasteiger partial charge in [0.1, 0.15) is 5.75 Å². The second-order valence-corrected chi connectivity index (χ2v) is 6.26. The van der Waals surface area contributed by atoms with Gasteiger partial charge in [-0.15, -0.1) is 5.10 Å². The van der Waals surface area contributed by atoms with E-state index in [1.807, 2.05) is 24.3 Å². The smallest absolute Gasteiger partial charge is 0.339 e. The maximum Gasteiger partial charge on any atom is 0.339 e. The first-order chi connectivity index (χ1) is 12.6. The summed E-state index contributed by atoms with van der Waals surface area (Å²) in [6, 6.07) is 8.81. The van der Waals surface area contributed by atoms with Crippen molar-refractivity contribution < 1.29 is 14.3 Å². The Labute approximate surface area is 149 Å². The molecule has 0 spiro atoms. The molecule has 0 aliphatic heterocycles. The van der Waals surface area contributed by atoms with Crippen LogP contribution in [0.2, 0.25) is 0 Å². The van der Waals surface area contributed by atoms with E-state index in [1.54, 1.807) is 18.7 Å². The molecule has 1 saturated carbocycles. The number of fused-ring (bicyclic) bond motifs is 1. The number of aromatic nitrogens is 3. The van der Waals surface area contributed by atoms with Crippen molar-refractivity contribution in [3.8, 4) is 11.4 Å². The Bertz CT molecular complexity index is 1030. The number of rotatable bonds is 5.